The number of rotatable bonds is 26. The molecule has 50 nitrogen and oxygen atoms in total. The number of aliphatic hydroxyl groups excluding tert-OH is 26. The largest absolute Gasteiger partial charge is 0.394 e. The number of hydrogen-bond acceptors (Lipinski definition) is 46. The van der Waals surface area contributed by atoms with Crippen molar-refractivity contribution in [1.29, 1.82) is 0 Å². The Kier molecular flexibility index (Phi) is 34.5. The summed E-state index contributed by atoms with van der Waals surface area (Å²) in [6, 6.07) is -6.22. The van der Waals surface area contributed by atoms with E-state index < -0.39 is 353 Å². The molecule has 0 radical (unpaired) electrons. The van der Waals surface area contributed by atoms with E-state index in [-0.39, 0.29) is 0 Å². The molecule has 0 aromatic heterocycles. The van der Waals surface area contributed by atoms with Crippen LogP contribution in [0.5, 0.6) is 0 Å². The number of ether oxygens (including phenoxy) is 16. The first kappa shape index (κ1) is 93.7. The molecule has 650 valence electrons. The van der Waals surface area contributed by atoms with Gasteiger partial charge in [-0.1, -0.05) is 0 Å². The van der Waals surface area contributed by atoms with Crippen molar-refractivity contribution in [2.75, 3.05) is 52.9 Å². The second-order valence-corrected chi connectivity index (χ2v) is 28.1. The van der Waals surface area contributed by atoms with Gasteiger partial charge in [0.05, 0.1) is 59.0 Å². The van der Waals surface area contributed by atoms with E-state index in [2.05, 4.69) is 21.3 Å². The topological polar surface area (TPSA) is 790 Å². The van der Waals surface area contributed by atoms with Crippen LogP contribution in [0.15, 0.2) is 0 Å². The van der Waals surface area contributed by atoms with E-state index in [1.54, 1.807) is 0 Å². The van der Waals surface area contributed by atoms with Crippen LogP contribution >= 0.6 is 0 Å². The Balaban J connectivity index is 0.000000286. The number of hydrogen-bond donors (Lipinski definition) is 30. The SMILES string of the molecule is CC(=O)NC1C(O)OC(COC2OC(CO)C(OC3OC(CO)C(O)C(O)C3O)C(OC3OC(C)C(O)C(O)C3O)C2NC(C)=O)C(O)C1OC1OC(CO)C(O)C(O)C1O.CC(=O)NC1C(OCC2OC(O)C(NC(C)=O)C(OC3OC(CO)C(O)C(O)C3O)C2O)OC(CO)C(OC2OC(CO)C(O)C(O)C2O)C1O. The van der Waals surface area contributed by atoms with Crippen molar-refractivity contribution in [3.8, 4) is 0 Å². The van der Waals surface area contributed by atoms with E-state index in [0.717, 1.165) is 27.7 Å². The zero-order valence-corrected chi connectivity index (χ0v) is 60.4. The van der Waals surface area contributed by atoms with Crippen molar-refractivity contribution in [1.82, 2.24) is 21.3 Å². The fraction of sp³-hybridized carbons (Fsp3) is 0.935. The highest BCUT2D eigenvalue weighted by Gasteiger charge is 2.59. The number of amides is 4. The van der Waals surface area contributed by atoms with Gasteiger partial charge in [0.1, 0.15) is 213 Å². The first-order valence-electron chi connectivity index (χ1n) is 35.5. The van der Waals surface area contributed by atoms with Crippen LogP contribution in [0.4, 0.5) is 0 Å². The molecule has 9 heterocycles. The molecule has 0 aliphatic carbocycles. The molecular weight excluding hydrogens is 1540 g/mol. The summed E-state index contributed by atoms with van der Waals surface area (Å²) in [5.74, 6) is -2.93. The lowest BCUT2D eigenvalue weighted by molar-refractivity contribution is -0.376. The van der Waals surface area contributed by atoms with E-state index in [0.29, 0.717) is 0 Å². The van der Waals surface area contributed by atoms with E-state index in [9.17, 15) is 152 Å². The maximum absolute atomic E-state index is 12.7. The molecule has 45 unspecified atom stereocenters. The molecule has 0 bridgehead atoms. The lowest BCUT2D eigenvalue weighted by atomic mass is 9.94. The third-order valence-corrected chi connectivity index (χ3v) is 20.1. The quantitative estimate of drug-likeness (QED) is 0.0382. The Labute approximate surface area is 634 Å². The summed E-state index contributed by atoms with van der Waals surface area (Å²) in [6.07, 6.45) is -71.4. The number of carbonyl (C=O) groups is 4. The van der Waals surface area contributed by atoms with Crippen LogP contribution in [-0.2, 0) is 95.0 Å². The monoisotopic (exact) mass is 1640 g/mol. The van der Waals surface area contributed by atoms with Crippen molar-refractivity contribution < 1.29 is 228 Å². The molecular formula is C62H106N4O46. The van der Waals surface area contributed by atoms with Crippen molar-refractivity contribution in [3.63, 3.8) is 0 Å². The van der Waals surface area contributed by atoms with Gasteiger partial charge in [0.2, 0.25) is 23.6 Å². The van der Waals surface area contributed by atoms with Crippen LogP contribution < -0.4 is 21.3 Å². The van der Waals surface area contributed by atoms with Crippen LogP contribution in [0.2, 0.25) is 0 Å². The average Bonchev–Trinajstić information content (AvgIpc) is 0.764. The van der Waals surface area contributed by atoms with Gasteiger partial charge in [-0.2, -0.15) is 0 Å². The molecule has 9 aliphatic heterocycles. The van der Waals surface area contributed by atoms with Crippen LogP contribution in [0.1, 0.15) is 34.6 Å². The lowest BCUT2D eigenvalue weighted by Gasteiger charge is -2.50. The van der Waals surface area contributed by atoms with Gasteiger partial charge < -0.3 is 230 Å². The maximum atomic E-state index is 12.7. The maximum Gasteiger partial charge on any atom is 0.217 e. The molecule has 112 heavy (non-hydrogen) atoms. The van der Waals surface area contributed by atoms with Crippen LogP contribution in [0, 0.1) is 0 Å². The molecule has 9 fully saturated rings. The van der Waals surface area contributed by atoms with Crippen molar-refractivity contribution in [2.45, 2.75) is 311 Å². The summed E-state index contributed by atoms with van der Waals surface area (Å²) in [6.45, 7) is -0.987. The van der Waals surface area contributed by atoms with Gasteiger partial charge in [-0.05, 0) is 6.92 Å². The molecule has 9 rings (SSSR count). The van der Waals surface area contributed by atoms with Gasteiger partial charge in [-0.3, -0.25) is 19.2 Å². The van der Waals surface area contributed by atoms with Crippen LogP contribution in [-0.4, -0.2) is 485 Å². The second kappa shape index (κ2) is 41.3. The molecule has 9 aliphatic rings. The zero-order valence-electron chi connectivity index (χ0n) is 60.4. The third-order valence-electron chi connectivity index (χ3n) is 20.1. The molecule has 0 spiro atoms. The van der Waals surface area contributed by atoms with E-state index in [1.807, 2.05) is 0 Å². The first-order valence-corrected chi connectivity index (χ1v) is 35.5. The Bertz CT molecular complexity index is 2930. The van der Waals surface area contributed by atoms with Gasteiger partial charge >= 0.3 is 0 Å². The minimum Gasteiger partial charge on any atom is -0.394 e. The molecule has 0 aromatic rings. The van der Waals surface area contributed by atoms with Gasteiger partial charge in [-0.25, -0.2) is 0 Å². The van der Waals surface area contributed by atoms with Crippen molar-refractivity contribution in [2.24, 2.45) is 0 Å². The number of nitrogens with one attached hydrogen (secondary N) is 4. The predicted molar refractivity (Wildman–Crippen MR) is 345 cm³/mol. The standard InChI is InChI=1S/C34H58N2O25.C28H48N2O21/c1-8-17(42)21(46)24(49)32(54-8)61-29-16(36-10(3)41)31(58-13(6-39)27(29)59-33-25(50)22(47)18(43)11(4-37)56-33)53-7-14-20(45)28(15(30(52)55-14)35-9(2)40)60-34-26(51)23(48)19(44)12(5-38)57-34;1-7(34)29-13-18(39)23(50-27-21(42)19(40)15(36)9(3-31)47-27)11(5-33)49-26(13)45-6-12-17(38)24(14(25(44)46-12)30-8(2)35)51-28-22(43)20(41)16(37)10(4-32)48-28/h8,11-34,37-39,42-52H,4-7H2,1-3H3,(H,35,40)(H,36,41);9-28,31-33,36-44H,3-6H2,1-2H3,(H,29,34)(H,30,35). The fourth-order valence-electron chi connectivity index (χ4n) is 13.9. The number of aliphatic hydroxyl groups is 26. The zero-order chi connectivity index (χ0) is 83.1. The van der Waals surface area contributed by atoms with Crippen molar-refractivity contribution >= 4 is 23.6 Å². The fourth-order valence-corrected chi connectivity index (χ4v) is 13.9. The van der Waals surface area contributed by atoms with E-state index >= 15 is 0 Å². The Morgan fingerprint density at radius 2 is 0.509 bits per heavy atom. The average molecular weight is 1640 g/mol. The minimum atomic E-state index is -2.00. The molecule has 50 heteroatoms. The third kappa shape index (κ3) is 21.4. The highest BCUT2D eigenvalue weighted by atomic mass is 16.8. The van der Waals surface area contributed by atoms with Crippen LogP contribution in [0.3, 0.4) is 0 Å². The van der Waals surface area contributed by atoms with E-state index in [1.165, 1.54) is 6.92 Å². The Morgan fingerprint density at radius 3 is 0.839 bits per heavy atom. The molecule has 30 N–H and O–H groups in total. The molecule has 45 atom stereocenters. The minimum absolute atomic E-state index is 0.703. The molecule has 0 aromatic carbocycles. The summed E-state index contributed by atoms with van der Waals surface area (Å²) in [5.41, 5.74) is 0. The van der Waals surface area contributed by atoms with E-state index in [4.69, 9.17) is 75.8 Å². The van der Waals surface area contributed by atoms with Gasteiger partial charge in [0.15, 0.2) is 56.6 Å². The highest BCUT2D eigenvalue weighted by Crippen LogP contribution is 2.38. The molecule has 4 amide bonds. The summed E-state index contributed by atoms with van der Waals surface area (Å²) in [7, 11) is 0. The Morgan fingerprint density at radius 1 is 0.250 bits per heavy atom. The van der Waals surface area contributed by atoms with Gasteiger partial charge in [0, 0.05) is 27.7 Å². The normalized spacial score (nSPS) is 48.8. The predicted octanol–water partition coefficient (Wildman–Crippen LogP) is -20.1. The summed E-state index contributed by atoms with van der Waals surface area (Å²) >= 11 is 0. The summed E-state index contributed by atoms with van der Waals surface area (Å²) in [4.78, 5) is 48.9. The molecule has 9 saturated heterocycles. The van der Waals surface area contributed by atoms with Gasteiger partial charge in [-0.15, -0.1) is 0 Å². The van der Waals surface area contributed by atoms with Crippen LogP contribution in [0.25, 0.3) is 0 Å². The van der Waals surface area contributed by atoms with Gasteiger partial charge in [0.25, 0.3) is 0 Å². The first-order chi connectivity index (χ1) is 52.8. The summed E-state index contributed by atoms with van der Waals surface area (Å²) in [5, 5.41) is 281. The lowest BCUT2D eigenvalue weighted by Crippen LogP contribution is -2.70. The summed E-state index contributed by atoms with van der Waals surface area (Å²) < 4.78 is 90.8. The highest BCUT2D eigenvalue weighted by molar-refractivity contribution is 5.74. The van der Waals surface area contributed by atoms with Crippen molar-refractivity contribution in [3.05, 3.63) is 0 Å². The molecule has 0 saturated carbocycles. The smallest absolute Gasteiger partial charge is 0.217 e. The Hall–Kier alpha value is -3.80. The second-order valence-electron chi connectivity index (χ2n) is 28.1. The number of carbonyl (C=O) groups excluding carboxylic acids is 4.